The Balaban J connectivity index is 1.42. The molecule has 3 aromatic rings. The topological polar surface area (TPSA) is 75.9 Å². The normalized spacial score (nSPS) is 15.6. The highest BCUT2D eigenvalue weighted by Crippen LogP contribution is 2.15. The smallest absolute Gasteiger partial charge is 0.251 e. The third-order valence-electron chi connectivity index (χ3n) is 4.97. The highest BCUT2D eigenvalue weighted by molar-refractivity contribution is 5.94. The van der Waals surface area contributed by atoms with Gasteiger partial charge in [-0.1, -0.05) is 24.1 Å². The molecule has 0 spiro atoms. The molecule has 1 aliphatic heterocycles. The van der Waals surface area contributed by atoms with Crippen LogP contribution in [0.2, 0.25) is 0 Å². The summed E-state index contributed by atoms with van der Waals surface area (Å²) in [5.74, 6) is -0.0657. The van der Waals surface area contributed by atoms with Crippen LogP contribution >= 0.6 is 0 Å². The van der Waals surface area contributed by atoms with Crippen molar-refractivity contribution in [2.24, 2.45) is 0 Å². The minimum absolute atomic E-state index is 0.0657. The van der Waals surface area contributed by atoms with Crippen molar-refractivity contribution in [2.75, 3.05) is 26.2 Å². The average Bonchev–Trinajstić information content (AvgIpc) is 2.97. The van der Waals surface area contributed by atoms with Crippen LogP contribution in [0.5, 0.6) is 0 Å². The molecule has 2 aromatic heterocycles. The summed E-state index contributed by atoms with van der Waals surface area (Å²) in [6.07, 6.45) is 6.87. The number of hydrogen-bond acceptors (Lipinski definition) is 5. The first-order valence-corrected chi connectivity index (χ1v) is 9.59. The Bertz CT molecular complexity index is 913. The van der Waals surface area contributed by atoms with E-state index in [1.54, 1.807) is 10.9 Å². The molecule has 0 bridgehead atoms. The van der Waals surface area contributed by atoms with E-state index < -0.39 is 0 Å². The van der Waals surface area contributed by atoms with Crippen LogP contribution in [0.15, 0.2) is 42.6 Å². The van der Waals surface area contributed by atoms with Crippen LogP contribution in [-0.2, 0) is 0 Å². The number of fused-ring (bicyclic) bond motifs is 1. The summed E-state index contributed by atoms with van der Waals surface area (Å²) in [6.45, 7) is 3.84. The third-order valence-corrected chi connectivity index (χ3v) is 4.97. The van der Waals surface area contributed by atoms with E-state index in [4.69, 9.17) is 0 Å². The highest BCUT2D eigenvalue weighted by atomic mass is 16.1. The van der Waals surface area contributed by atoms with Crippen molar-refractivity contribution >= 4 is 17.1 Å². The summed E-state index contributed by atoms with van der Waals surface area (Å²) in [5.41, 5.74) is 2.79. The number of nitrogens with one attached hydrogen (secondary N) is 1. The van der Waals surface area contributed by atoms with Crippen molar-refractivity contribution in [3.05, 3.63) is 48.2 Å². The molecule has 7 nitrogen and oxygen atoms in total. The second-order valence-corrected chi connectivity index (χ2v) is 6.91. The number of amides is 1. The van der Waals surface area contributed by atoms with Crippen LogP contribution < -0.4 is 5.32 Å². The van der Waals surface area contributed by atoms with Gasteiger partial charge in [0.25, 0.3) is 5.91 Å². The third kappa shape index (κ3) is 4.14. The van der Waals surface area contributed by atoms with Gasteiger partial charge in [-0.25, -0.2) is 4.98 Å². The maximum atomic E-state index is 12.5. The summed E-state index contributed by atoms with van der Waals surface area (Å²) in [6, 6.07) is 11.1. The second kappa shape index (κ2) is 8.26. The van der Waals surface area contributed by atoms with Crippen LogP contribution in [0, 0.1) is 0 Å². The molecule has 1 aliphatic rings. The lowest BCUT2D eigenvalue weighted by atomic mass is 10.2. The van der Waals surface area contributed by atoms with Gasteiger partial charge in [-0.2, -0.15) is 4.68 Å². The Morgan fingerprint density at radius 1 is 1.07 bits per heavy atom. The molecule has 0 saturated carbocycles. The van der Waals surface area contributed by atoms with Crippen molar-refractivity contribution < 1.29 is 4.79 Å². The molecule has 7 heteroatoms. The van der Waals surface area contributed by atoms with Crippen molar-refractivity contribution in [3.63, 3.8) is 0 Å². The van der Waals surface area contributed by atoms with E-state index >= 15 is 0 Å². The number of hydrogen-bond donors (Lipinski definition) is 1. The predicted molar refractivity (Wildman–Crippen MR) is 104 cm³/mol. The molecule has 0 radical (unpaired) electrons. The summed E-state index contributed by atoms with van der Waals surface area (Å²) in [4.78, 5) is 19.3. The van der Waals surface area contributed by atoms with Crippen molar-refractivity contribution in [1.29, 1.82) is 0 Å². The zero-order valence-corrected chi connectivity index (χ0v) is 15.3. The molecule has 1 aromatic carbocycles. The highest BCUT2D eigenvalue weighted by Gasteiger charge is 2.12. The lowest BCUT2D eigenvalue weighted by Crippen LogP contribution is -2.35. The fraction of sp³-hybridized carbons (Fsp3) is 0.400. The molecule has 0 aliphatic carbocycles. The van der Waals surface area contributed by atoms with E-state index in [-0.39, 0.29) is 5.91 Å². The number of rotatable bonds is 5. The first kappa shape index (κ1) is 17.6. The van der Waals surface area contributed by atoms with Gasteiger partial charge in [-0.15, -0.1) is 5.10 Å². The second-order valence-electron chi connectivity index (χ2n) is 6.91. The lowest BCUT2D eigenvalue weighted by Gasteiger charge is -2.19. The van der Waals surface area contributed by atoms with Crippen LogP contribution in [0.3, 0.4) is 0 Å². The van der Waals surface area contributed by atoms with Gasteiger partial charge in [-0.05, 0) is 56.3 Å². The molecular formula is C20H24N6O. The van der Waals surface area contributed by atoms with Gasteiger partial charge in [0.05, 0.1) is 5.69 Å². The number of nitrogens with zero attached hydrogens (tertiary/aromatic N) is 5. The Morgan fingerprint density at radius 3 is 2.78 bits per heavy atom. The van der Waals surface area contributed by atoms with Gasteiger partial charge in [-0.3, -0.25) is 4.79 Å². The summed E-state index contributed by atoms with van der Waals surface area (Å²) >= 11 is 0. The van der Waals surface area contributed by atoms with E-state index in [1.807, 2.05) is 36.4 Å². The number of benzene rings is 1. The molecule has 0 unspecified atom stereocenters. The van der Waals surface area contributed by atoms with E-state index in [0.717, 1.165) is 30.8 Å². The van der Waals surface area contributed by atoms with Gasteiger partial charge in [0.15, 0.2) is 5.65 Å². The summed E-state index contributed by atoms with van der Waals surface area (Å²) < 4.78 is 1.66. The van der Waals surface area contributed by atoms with Gasteiger partial charge >= 0.3 is 0 Å². The molecule has 1 amide bonds. The van der Waals surface area contributed by atoms with E-state index in [2.05, 4.69) is 25.5 Å². The van der Waals surface area contributed by atoms with Crippen LogP contribution in [0.25, 0.3) is 16.9 Å². The molecule has 1 saturated heterocycles. The quantitative estimate of drug-likeness (QED) is 0.752. The van der Waals surface area contributed by atoms with Gasteiger partial charge < -0.3 is 10.2 Å². The van der Waals surface area contributed by atoms with Crippen molar-refractivity contribution in [3.8, 4) is 5.69 Å². The minimum Gasteiger partial charge on any atom is -0.351 e. The Kier molecular flexibility index (Phi) is 5.39. The SMILES string of the molecule is O=C(NCCN1CCCCCC1)c1cccc(-n2nnc3cccnc32)c1. The summed E-state index contributed by atoms with van der Waals surface area (Å²) in [5, 5.41) is 11.3. The molecule has 27 heavy (non-hydrogen) atoms. The molecular weight excluding hydrogens is 340 g/mol. The maximum absolute atomic E-state index is 12.5. The summed E-state index contributed by atoms with van der Waals surface area (Å²) in [7, 11) is 0. The largest absolute Gasteiger partial charge is 0.351 e. The molecule has 1 N–H and O–H groups in total. The number of carbonyl (C=O) groups is 1. The van der Waals surface area contributed by atoms with Gasteiger partial charge in [0, 0.05) is 24.8 Å². The monoisotopic (exact) mass is 364 g/mol. The fourth-order valence-electron chi connectivity index (χ4n) is 3.51. The zero-order valence-electron chi connectivity index (χ0n) is 15.3. The van der Waals surface area contributed by atoms with Crippen LogP contribution in [0.1, 0.15) is 36.0 Å². The molecule has 4 rings (SSSR count). The minimum atomic E-state index is -0.0657. The maximum Gasteiger partial charge on any atom is 0.251 e. The van der Waals surface area contributed by atoms with E-state index in [1.165, 1.54) is 25.7 Å². The molecule has 0 atom stereocenters. The van der Waals surface area contributed by atoms with Crippen LogP contribution in [0.4, 0.5) is 0 Å². The standard InChI is InChI=1S/C20H24N6O/c27-20(22-11-14-25-12-3-1-2-4-13-25)16-7-5-8-17(15-16)26-19-18(23-24-26)9-6-10-21-19/h5-10,15H,1-4,11-14H2,(H,22,27). The number of carbonyl (C=O) groups excluding carboxylic acids is 1. The zero-order chi connectivity index (χ0) is 18.5. The first-order valence-electron chi connectivity index (χ1n) is 9.59. The van der Waals surface area contributed by atoms with Crippen molar-refractivity contribution in [2.45, 2.75) is 25.7 Å². The van der Waals surface area contributed by atoms with E-state index in [0.29, 0.717) is 17.8 Å². The number of aromatic nitrogens is 4. The fourth-order valence-corrected chi connectivity index (χ4v) is 3.51. The Hall–Kier alpha value is -2.80. The average molecular weight is 364 g/mol. The lowest BCUT2D eigenvalue weighted by molar-refractivity contribution is 0.0948. The van der Waals surface area contributed by atoms with Crippen LogP contribution in [-0.4, -0.2) is 57.0 Å². The molecule has 1 fully saturated rings. The van der Waals surface area contributed by atoms with Gasteiger partial charge in [0.2, 0.25) is 0 Å². The Labute approximate surface area is 158 Å². The number of likely N-dealkylation sites (tertiary alicyclic amines) is 1. The first-order chi connectivity index (χ1) is 13.3. The molecule has 3 heterocycles. The Morgan fingerprint density at radius 2 is 1.93 bits per heavy atom. The molecule has 140 valence electrons. The van der Waals surface area contributed by atoms with Crippen molar-refractivity contribution in [1.82, 2.24) is 30.2 Å². The van der Waals surface area contributed by atoms with E-state index in [9.17, 15) is 4.79 Å². The predicted octanol–water partition coefficient (Wildman–Crippen LogP) is 2.42. The number of pyridine rings is 1. The van der Waals surface area contributed by atoms with Gasteiger partial charge in [0.1, 0.15) is 5.52 Å².